The molecule has 0 spiro atoms. The summed E-state index contributed by atoms with van der Waals surface area (Å²) in [6.45, 7) is 4.52. The fourth-order valence-corrected chi connectivity index (χ4v) is 2.12. The summed E-state index contributed by atoms with van der Waals surface area (Å²) in [6, 6.07) is 12.4. The van der Waals surface area contributed by atoms with E-state index in [4.69, 9.17) is 22.7 Å². The highest BCUT2D eigenvalue weighted by Crippen LogP contribution is 2.21. The molecule has 4 heteroatoms. The van der Waals surface area contributed by atoms with E-state index in [0.29, 0.717) is 17.0 Å². The fourth-order valence-electron chi connectivity index (χ4n) is 2.01. The van der Waals surface area contributed by atoms with Gasteiger partial charge in [-0.05, 0) is 47.4 Å². The molecule has 0 aliphatic rings. The van der Waals surface area contributed by atoms with E-state index < -0.39 is 0 Å². The van der Waals surface area contributed by atoms with Crippen molar-refractivity contribution >= 4 is 17.2 Å². The third kappa shape index (κ3) is 4.26. The van der Waals surface area contributed by atoms with Crippen molar-refractivity contribution < 1.29 is 9.13 Å². The quantitative estimate of drug-likeness (QED) is 0.842. The van der Waals surface area contributed by atoms with Crippen LogP contribution in [0.5, 0.6) is 5.75 Å². The number of nitrogens with two attached hydrogens (primary N) is 1. The number of thiocarbonyl (C=S) groups is 1. The zero-order chi connectivity index (χ0) is 15.4. The molecule has 2 aromatic carbocycles. The second kappa shape index (κ2) is 6.68. The Hall–Kier alpha value is -1.94. The molecular weight excluding hydrogens is 285 g/mol. The molecule has 21 heavy (non-hydrogen) atoms. The summed E-state index contributed by atoms with van der Waals surface area (Å²) in [5, 5.41) is 0. The molecule has 0 radical (unpaired) electrons. The number of benzene rings is 2. The summed E-state index contributed by atoms with van der Waals surface area (Å²) in [4.78, 5) is 0.178. The van der Waals surface area contributed by atoms with Gasteiger partial charge in [0.2, 0.25) is 0 Å². The monoisotopic (exact) mass is 303 g/mol. The molecule has 0 unspecified atom stereocenters. The van der Waals surface area contributed by atoms with Gasteiger partial charge in [0, 0.05) is 5.56 Å². The van der Waals surface area contributed by atoms with Gasteiger partial charge in [-0.25, -0.2) is 4.39 Å². The number of rotatable bonds is 5. The SMILES string of the molecule is CC(C)c1cccc(OCc2cc(F)cc(C(N)=S)c2)c1. The van der Waals surface area contributed by atoms with Crippen molar-refractivity contribution in [3.63, 3.8) is 0 Å². The molecule has 0 saturated carbocycles. The van der Waals surface area contributed by atoms with Gasteiger partial charge in [0.15, 0.2) is 0 Å². The first-order chi connectivity index (χ1) is 9.95. The van der Waals surface area contributed by atoms with E-state index in [-0.39, 0.29) is 17.4 Å². The molecule has 2 N–H and O–H groups in total. The van der Waals surface area contributed by atoms with Gasteiger partial charge in [-0.2, -0.15) is 0 Å². The van der Waals surface area contributed by atoms with Gasteiger partial charge in [0.1, 0.15) is 23.2 Å². The van der Waals surface area contributed by atoms with Crippen LogP contribution < -0.4 is 10.5 Å². The van der Waals surface area contributed by atoms with Gasteiger partial charge in [-0.3, -0.25) is 0 Å². The first-order valence-electron chi connectivity index (χ1n) is 6.77. The van der Waals surface area contributed by atoms with Gasteiger partial charge in [-0.1, -0.05) is 38.2 Å². The Balaban J connectivity index is 2.13. The average Bonchev–Trinajstić information content (AvgIpc) is 2.45. The smallest absolute Gasteiger partial charge is 0.124 e. The van der Waals surface area contributed by atoms with Gasteiger partial charge in [-0.15, -0.1) is 0 Å². The third-order valence-corrected chi connectivity index (χ3v) is 3.41. The molecule has 0 fully saturated rings. The predicted molar refractivity (Wildman–Crippen MR) is 87.2 cm³/mol. The Morgan fingerprint density at radius 1 is 1.24 bits per heavy atom. The minimum Gasteiger partial charge on any atom is -0.489 e. The summed E-state index contributed by atoms with van der Waals surface area (Å²) in [7, 11) is 0. The van der Waals surface area contributed by atoms with Crippen LogP contribution >= 0.6 is 12.2 Å². The highest BCUT2D eigenvalue weighted by atomic mass is 32.1. The average molecular weight is 303 g/mol. The summed E-state index contributed by atoms with van der Waals surface area (Å²) in [5.41, 5.74) is 7.96. The lowest BCUT2D eigenvalue weighted by atomic mass is 10.0. The van der Waals surface area contributed by atoms with Crippen LogP contribution in [0.3, 0.4) is 0 Å². The Morgan fingerprint density at radius 2 is 2.00 bits per heavy atom. The van der Waals surface area contributed by atoms with Gasteiger partial charge < -0.3 is 10.5 Å². The maximum Gasteiger partial charge on any atom is 0.124 e. The van der Waals surface area contributed by atoms with E-state index >= 15 is 0 Å². The Labute approximate surface area is 129 Å². The lowest BCUT2D eigenvalue weighted by molar-refractivity contribution is 0.305. The molecular formula is C17H18FNOS. The summed E-state index contributed by atoms with van der Waals surface area (Å²) < 4.78 is 19.2. The Kier molecular flexibility index (Phi) is 4.91. The minimum absolute atomic E-state index is 0.178. The van der Waals surface area contributed by atoms with Crippen molar-refractivity contribution in [3.05, 3.63) is 65.0 Å². The van der Waals surface area contributed by atoms with Crippen LogP contribution in [0.2, 0.25) is 0 Å². The van der Waals surface area contributed by atoms with Gasteiger partial charge >= 0.3 is 0 Å². The van der Waals surface area contributed by atoms with E-state index in [1.807, 2.05) is 18.2 Å². The molecule has 0 saturated heterocycles. The van der Waals surface area contributed by atoms with E-state index in [1.54, 1.807) is 6.07 Å². The molecule has 2 nitrogen and oxygen atoms in total. The number of hydrogen-bond acceptors (Lipinski definition) is 2. The van der Waals surface area contributed by atoms with E-state index in [0.717, 1.165) is 5.75 Å². The molecule has 0 aromatic heterocycles. The second-order valence-corrected chi connectivity index (χ2v) is 5.67. The van der Waals surface area contributed by atoms with Crippen molar-refractivity contribution in [2.75, 3.05) is 0 Å². The molecule has 0 aliphatic carbocycles. The molecule has 0 aliphatic heterocycles. The number of halogens is 1. The van der Waals surface area contributed by atoms with Crippen molar-refractivity contribution in [3.8, 4) is 5.75 Å². The summed E-state index contributed by atoms with van der Waals surface area (Å²) in [5.74, 6) is 0.834. The van der Waals surface area contributed by atoms with Crippen molar-refractivity contribution in [1.82, 2.24) is 0 Å². The molecule has 2 aromatic rings. The van der Waals surface area contributed by atoms with E-state index in [1.165, 1.54) is 17.7 Å². The maximum atomic E-state index is 13.5. The standard InChI is InChI=1S/C17H18FNOS/c1-11(2)13-4-3-5-16(9-13)20-10-12-6-14(17(19)21)8-15(18)7-12/h3-9,11H,10H2,1-2H3,(H2,19,21). The van der Waals surface area contributed by atoms with E-state index in [2.05, 4.69) is 19.9 Å². The first kappa shape index (κ1) is 15.4. The van der Waals surface area contributed by atoms with E-state index in [9.17, 15) is 4.39 Å². The summed E-state index contributed by atoms with van der Waals surface area (Å²) >= 11 is 4.87. The molecule has 0 amide bonds. The molecule has 0 atom stereocenters. The zero-order valence-corrected chi connectivity index (χ0v) is 12.9. The number of ether oxygens (including phenoxy) is 1. The fraction of sp³-hybridized carbons (Fsp3) is 0.235. The lowest BCUT2D eigenvalue weighted by Crippen LogP contribution is -2.10. The highest BCUT2D eigenvalue weighted by Gasteiger charge is 2.05. The molecule has 2 rings (SSSR count). The molecule has 0 heterocycles. The van der Waals surface area contributed by atoms with Crippen LogP contribution in [0.1, 0.15) is 36.5 Å². The maximum absolute atomic E-state index is 13.5. The van der Waals surface area contributed by atoms with Crippen LogP contribution in [0.4, 0.5) is 4.39 Å². The Bertz CT molecular complexity index is 655. The van der Waals surface area contributed by atoms with Crippen LogP contribution in [0, 0.1) is 5.82 Å². The van der Waals surface area contributed by atoms with Crippen molar-refractivity contribution in [1.29, 1.82) is 0 Å². The Morgan fingerprint density at radius 3 is 2.67 bits per heavy atom. The van der Waals surface area contributed by atoms with Gasteiger partial charge in [0.05, 0.1) is 0 Å². The minimum atomic E-state index is -0.366. The van der Waals surface area contributed by atoms with Crippen molar-refractivity contribution in [2.24, 2.45) is 5.73 Å². The molecule has 110 valence electrons. The highest BCUT2D eigenvalue weighted by molar-refractivity contribution is 7.80. The first-order valence-corrected chi connectivity index (χ1v) is 7.18. The van der Waals surface area contributed by atoms with Crippen LogP contribution in [-0.4, -0.2) is 4.99 Å². The normalized spacial score (nSPS) is 10.7. The van der Waals surface area contributed by atoms with Gasteiger partial charge in [0.25, 0.3) is 0 Å². The second-order valence-electron chi connectivity index (χ2n) is 5.23. The molecule has 0 bridgehead atoms. The lowest BCUT2D eigenvalue weighted by Gasteiger charge is -2.11. The van der Waals surface area contributed by atoms with Crippen molar-refractivity contribution in [2.45, 2.75) is 26.4 Å². The third-order valence-electron chi connectivity index (χ3n) is 3.17. The topological polar surface area (TPSA) is 35.2 Å². The number of hydrogen-bond donors (Lipinski definition) is 1. The van der Waals surface area contributed by atoms with Crippen LogP contribution in [0.25, 0.3) is 0 Å². The zero-order valence-electron chi connectivity index (χ0n) is 12.1. The largest absolute Gasteiger partial charge is 0.489 e. The predicted octanol–water partition coefficient (Wildman–Crippen LogP) is 4.16. The summed E-state index contributed by atoms with van der Waals surface area (Å²) in [6.07, 6.45) is 0. The van der Waals surface area contributed by atoms with Crippen LogP contribution in [-0.2, 0) is 6.61 Å². The van der Waals surface area contributed by atoms with Crippen LogP contribution in [0.15, 0.2) is 42.5 Å².